The van der Waals surface area contributed by atoms with Crippen LogP contribution in [0, 0.1) is 0 Å². The average Bonchev–Trinajstić information content (AvgIpc) is 2.80. The summed E-state index contributed by atoms with van der Waals surface area (Å²) in [6, 6.07) is 15.0. The van der Waals surface area contributed by atoms with Gasteiger partial charge in [-0.2, -0.15) is 0 Å². The fourth-order valence-electron chi connectivity index (χ4n) is 2.68. The predicted octanol–water partition coefficient (Wildman–Crippen LogP) is 2.96. The van der Waals surface area contributed by atoms with E-state index in [0.29, 0.717) is 25.6 Å². The smallest absolute Gasteiger partial charge is 0.242 e. The molecule has 176 valence electrons. The summed E-state index contributed by atoms with van der Waals surface area (Å²) >= 11 is 0. The van der Waals surface area contributed by atoms with E-state index in [2.05, 4.69) is 20.9 Å². The Morgan fingerprint density at radius 3 is 2.31 bits per heavy atom. The molecule has 8 nitrogen and oxygen atoms in total. The van der Waals surface area contributed by atoms with Crippen LogP contribution < -0.4 is 30.2 Å². The molecule has 0 aliphatic rings. The minimum absolute atomic E-state index is 0. The molecular formula is C23H33IN4O4. The van der Waals surface area contributed by atoms with Crippen molar-refractivity contribution in [1.29, 1.82) is 0 Å². The molecule has 9 heteroatoms. The van der Waals surface area contributed by atoms with E-state index in [1.807, 2.05) is 62.4 Å². The molecule has 2 rings (SSSR count). The van der Waals surface area contributed by atoms with Crippen LogP contribution in [0.3, 0.4) is 0 Å². The van der Waals surface area contributed by atoms with Crippen LogP contribution in [0.25, 0.3) is 0 Å². The molecule has 1 unspecified atom stereocenters. The van der Waals surface area contributed by atoms with Gasteiger partial charge in [0.2, 0.25) is 5.91 Å². The van der Waals surface area contributed by atoms with Crippen molar-refractivity contribution in [3.63, 3.8) is 0 Å². The second kappa shape index (κ2) is 15.2. The van der Waals surface area contributed by atoms with Gasteiger partial charge >= 0.3 is 0 Å². The van der Waals surface area contributed by atoms with Crippen molar-refractivity contribution in [2.75, 3.05) is 33.9 Å². The first kappa shape index (κ1) is 27.3. The van der Waals surface area contributed by atoms with Gasteiger partial charge < -0.3 is 30.2 Å². The molecule has 0 bridgehead atoms. The number of ether oxygens (including phenoxy) is 3. The maximum Gasteiger partial charge on any atom is 0.242 e. The Labute approximate surface area is 207 Å². The highest BCUT2D eigenvalue weighted by Gasteiger charge is 2.08. The third-order valence-electron chi connectivity index (χ3n) is 4.31. The van der Waals surface area contributed by atoms with Crippen molar-refractivity contribution >= 4 is 35.8 Å². The van der Waals surface area contributed by atoms with Crippen molar-refractivity contribution in [2.45, 2.75) is 26.5 Å². The molecule has 0 aromatic heterocycles. The van der Waals surface area contributed by atoms with Gasteiger partial charge in [0.15, 0.2) is 5.96 Å². The SMILES string of the molecule is CCNC(=NCC(=O)NCc1ccc(OC)cc1)NCC(C)Oc1cccc(OC)c1.I. The van der Waals surface area contributed by atoms with E-state index in [-0.39, 0.29) is 42.5 Å². The minimum Gasteiger partial charge on any atom is -0.497 e. The zero-order valence-corrected chi connectivity index (χ0v) is 21.3. The van der Waals surface area contributed by atoms with Crippen molar-refractivity contribution < 1.29 is 19.0 Å². The zero-order valence-electron chi connectivity index (χ0n) is 19.0. The minimum atomic E-state index is -0.159. The van der Waals surface area contributed by atoms with Gasteiger partial charge in [-0.1, -0.05) is 18.2 Å². The Balaban J connectivity index is 0.00000512. The first-order chi connectivity index (χ1) is 15.0. The summed E-state index contributed by atoms with van der Waals surface area (Å²) < 4.78 is 16.2. The molecule has 0 aliphatic heterocycles. The summed E-state index contributed by atoms with van der Waals surface area (Å²) in [6.07, 6.45) is -0.111. The van der Waals surface area contributed by atoms with E-state index >= 15 is 0 Å². The highest BCUT2D eigenvalue weighted by Crippen LogP contribution is 2.19. The molecule has 0 radical (unpaired) electrons. The van der Waals surface area contributed by atoms with E-state index < -0.39 is 0 Å². The van der Waals surface area contributed by atoms with Gasteiger partial charge in [0.25, 0.3) is 0 Å². The van der Waals surface area contributed by atoms with Crippen molar-refractivity contribution in [3.05, 3.63) is 54.1 Å². The molecule has 0 spiro atoms. The molecule has 0 saturated heterocycles. The fraction of sp³-hybridized carbons (Fsp3) is 0.391. The normalized spacial score (nSPS) is 11.6. The van der Waals surface area contributed by atoms with Crippen LogP contribution in [0.15, 0.2) is 53.5 Å². The van der Waals surface area contributed by atoms with Gasteiger partial charge in [-0.25, -0.2) is 4.99 Å². The van der Waals surface area contributed by atoms with E-state index in [1.54, 1.807) is 14.2 Å². The van der Waals surface area contributed by atoms with Gasteiger partial charge in [-0.3, -0.25) is 4.79 Å². The van der Waals surface area contributed by atoms with Gasteiger partial charge in [-0.05, 0) is 43.7 Å². The highest BCUT2D eigenvalue weighted by atomic mass is 127. The van der Waals surface area contributed by atoms with Crippen molar-refractivity contribution in [1.82, 2.24) is 16.0 Å². The Morgan fingerprint density at radius 2 is 1.66 bits per heavy atom. The van der Waals surface area contributed by atoms with Gasteiger partial charge in [-0.15, -0.1) is 24.0 Å². The number of amides is 1. The molecule has 2 aromatic carbocycles. The summed E-state index contributed by atoms with van der Waals surface area (Å²) in [4.78, 5) is 16.5. The number of aliphatic imine (C=N–C) groups is 1. The first-order valence-electron chi connectivity index (χ1n) is 10.3. The molecule has 32 heavy (non-hydrogen) atoms. The third kappa shape index (κ3) is 10.1. The van der Waals surface area contributed by atoms with E-state index in [1.165, 1.54) is 0 Å². The zero-order chi connectivity index (χ0) is 22.5. The van der Waals surface area contributed by atoms with Crippen LogP contribution in [0.5, 0.6) is 17.2 Å². The van der Waals surface area contributed by atoms with E-state index in [4.69, 9.17) is 14.2 Å². The summed E-state index contributed by atoms with van der Waals surface area (Å²) in [6.45, 7) is 5.60. The summed E-state index contributed by atoms with van der Waals surface area (Å²) in [5, 5.41) is 9.19. The highest BCUT2D eigenvalue weighted by molar-refractivity contribution is 14.0. The molecule has 0 saturated carbocycles. The molecule has 3 N–H and O–H groups in total. The largest absolute Gasteiger partial charge is 0.497 e. The Morgan fingerprint density at radius 1 is 0.969 bits per heavy atom. The molecule has 0 fully saturated rings. The maximum absolute atomic E-state index is 12.2. The molecule has 1 atom stereocenters. The molecule has 2 aromatic rings. The summed E-state index contributed by atoms with van der Waals surface area (Å²) in [7, 11) is 3.24. The number of nitrogens with zero attached hydrogens (tertiary/aromatic N) is 1. The molecule has 0 aliphatic carbocycles. The van der Waals surface area contributed by atoms with E-state index in [9.17, 15) is 4.79 Å². The van der Waals surface area contributed by atoms with Gasteiger partial charge in [0.05, 0.1) is 20.8 Å². The lowest BCUT2D eigenvalue weighted by atomic mass is 10.2. The van der Waals surface area contributed by atoms with Crippen LogP contribution in [0.1, 0.15) is 19.4 Å². The molecular weight excluding hydrogens is 523 g/mol. The summed E-state index contributed by atoms with van der Waals surface area (Å²) in [5.74, 6) is 2.66. The number of carbonyl (C=O) groups is 1. The fourth-order valence-corrected chi connectivity index (χ4v) is 2.68. The number of nitrogens with one attached hydrogen (secondary N) is 3. The average molecular weight is 556 g/mol. The number of benzene rings is 2. The van der Waals surface area contributed by atoms with Gasteiger partial charge in [0, 0.05) is 19.2 Å². The van der Waals surface area contributed by atoms with Gasteiger partial charge in [0.1, 0.15) is 29.9 Å². The first-order valence-corrected chi connectivity index (χ1v) is 10.3. The van der Waals surface area contributed by atoms with Crippen LogP contribution in [0.2, 0.25) is 0 Å². The quantitative estimate of drug-likeness (QED) is 0.224. The Kier molecular flexibility index (Phi) is 13.0. The van der Waals surface area contributed by atoms with Crippen LogP contribution in [0.4, 0.5) is 0 Å². The van der Waals surface area contributed by atoms with Crippen LogP contribution >= 0.6 is 24.0 Å². The predicted molar refractivity (Wildman–Crippen MR) is 137 cm³/mol. The Hall–Kier alpha value is -2.69. The lowest BCUT2D eigenvalue weighted by molar-refractivity contribution is -0.119. The topological polar surface area (TPSA) is 93.2 Å². The molecule has 1 amide bonds. The van der Waals surface area contributed by atoms with Crippen molar-refractivity contribution in [2.24, 2.45) is 4.99 Å². The lowest BCUT2D eigenvalue weighted by Crippen LogP contribution is -2.42. The van der Waals surface area contributed by atoms with Crippen LogP contribution in [-0.4, -0.2) is 51.8 Å². The number of methoxy groups -OCH3 is 2. The maximum atomic E-state index is 12.2. The number of halogens is 1. The number of hydrogen-bond acceptors (Lipinski definition) is 5. The number of guanidine groups is 1. The monoisotopic (exact) mass is 556 g/mol. The third-order valence-corrected chi connectivity index (χ3v) is 4.31. The number of hydrogen-bond donors (Lipinski definition) is 3. The van der Waals surface area contributed by atoms with Crippen LogP contribution in [-0.2, 0) is 11.3 Å². The van der Waals surface area contributed by atoms with Crippen molar-refractivity contribution in [3.8, 4) is 17.2 Å². The number of rotatable bonds is 11. The Bertz CT molecular complexity index is 846. The second-order valence-electron chi connectivity index (χ2n) is 6.81. The lowest BCUT2D eigenvalue weighted by Gasteiger charge is -2.18. The van der Waals surface area contributed by atoms with E-state index in [0.717, 1.165) is 22.8 Å². The molecule has 0 heterocycles. The number of carbonyl (C=O) groups excluding carboxylic acids is 1. The second-order valence-corrected chi connectivity index (χ2v) is 6.81. The summed E-state index contributed by atoms with van der Waals surface area (Å²) in [5.41, 5.74) is 0.992. The standard InChI is InChI=1S/C23H32N4O4.HI/c1-5-24-23(26-14-17(2)31-21-8-6-7-20(13-21)30-4)27-16-22(28)25-15-18-9-11-19(29-3)12-10-18;/h6-13,17H,5,14-16H2,1-4H3,(H,25,28)(H2,24,26,27);1H.